The van der Waals surface area contributed by atoms with E-state index in [-0.39, 0.29) is 0 Å². The van der Waals surface area contributed by atoms with E-state index in [0.29, 0.717) is 12.1 Å². The minimum atomic E-state index is 0.362. The molecule has 1 N–H and O–H groups in total. The van der Waals surface area contributed by atoms with E-state index in [1.807, 2.05) is 30.0 Å². The van der Waals surface area contributed by atoms with E-state index in [1.54, 1.807) is 0 Å². The molecule has 0 saturated carbocycles. The van der Waals surface area contributed by atoms with Crippen molar-refractivity contribution in [1.82, 2.24) is 5.32 Å². The van der Waals surface area contributed by atoms with Gasteiger partial charge in [0.2, 0.25) is 0 Å². The molecule has 16 heavy (non-hydrogen) atoms. The van der Waals surface area contributed by atoms with Gasteiger partial charge in [0.15, 0.2) is 0 Å². The Labute approximate surface area is 99.4 Å². The average Bonchev–Trinajstić information content (AvgIpc) is 2.72. The van der Waals surface area contributed by atoms with Gasteiger partial charge in [-0.15, -0.1) is 0 Å². The van der Waals surface area contributed by atoms with E-state index < -0.39 is 0 Å². The Morgan fingerprint density at radius 1 is 1.31 bits per heavy atom. The molecule has 2 atom stereocenters. The summed E-state index contributed by atoms with van der Waals surface area (Å²) in [4.78, 5) is 0. The molecule has 1 saturated heterocycles. The topological polar surface area (TPSA) is 25.2 Å². The van der Waals surface area contributed by atoms with E-state index in [9.17, 15) is 0 Å². The molecule has 0 bridgehead atoms. The van der Waals surface area contributed by atoms with Gasteiger partial charge in [0, 0.05) is 22.9 Å². The van der Waals surface area contributed by atoms with Gasteiger partial charge < -0.3 is 9.73 Å². The third kappa shape index (κ3) is 1.85. The van der Waals surface area contributed by atoms with E-state index in [4.69, 9.17) is 4.42 Å². The van der Waals surface area contributed by atoms with Crippen LogP contribution in [0.3, 0.4) is 0 Å². The second-order valence-corrected chi connectivity index (χ2v) is 5.42. The Balaban J connectivity index is 1.93. The van der Waals surface area contributed by atoms with E-state index in [2.05, 4.69) is 24.4 Å². The van der Waals surface area contributed by atoms with Crippen molar-refractivity contribution >= 4 is 22.7 Å². The van der Waals surface area contributed by atoms with Crippen LogP contribution in [-0.2, 0) is 0 Å². The van der Waals surface area contributed by atoms with E-state index in [0.717, 1.165) is 17.1 Å². The molecule has 2 unspecified atom stereocenters. The summed E-state index contributed by atoms with van der Waals surface area (Å²) in [6.45, 7) is 2.22. The fourth-order valence-electron chi connectivity index (χ4n) is 2.14. The van der Waals surface area contributed by atoms with Crippen LogP contribution in [0, 0.1) is 0 Å². The van der Waals surface area contributed by atoms with Crippen molar-refractivity contribution in [2.45, 2.75) is 19.0 Å². The Kier molecular flexibility index (Phi) is 2.65. The highest BCUT2D eigenvalue weighted by Gasteiger charge is 2.22. The number of furan rings is 1. The fourth-order valence-corrected chi connectivity index (χ4v) is 3.22. The molecule has 2 nitrogen and oxygen atoms in total. The Hall–Kier alpha value is -0.930. The number of para-hydroxylation sites is 1. The number of hydrogen-bond donors (Lipinski definition) is 1. The zero-order valence-electron chi connectivity index (χ0n) is 9.27. The molecule has 3 heteroatoms. The molecule has 0 amide bonds. The summed E-state index contributed by atoms with van der Waals surface area (Å²) in [6.07, 6.45) is 0. The number of fused-ring (bicyclic) bond motifs is 1. The summed E-state index contributed by atoms with van der Waals surface area (Å²) in [5.74, 6) is 3.36. The number of hydrogen-bond acceptors (Lipinski definition) is 3. The maximum absolute atomic E-state index is 5.88. The summed E-state index contributed by atoms with van der Waals surface area (Å²) in [6, 6.07) is 11.3. The summed E-state index contributed by atoms with van der Waals surface area (Å²) >= 11 is 1.99. The van der Waals surface area contributed by atoms with Crippen LogP contribution < -0.4 is 5.32 Å². The van der Waals surface area contributed by atoms with Crippen LogP contribution >= 0.6 is 11.8 Å². The van der Waals surface area contributed by atoms with Crippen LogP contribution in [-0.4, -0.2) is 17.5 Å². The predicted octanol–water partition coefficient (Wildman–Crippen LogP) is 3.20. The first-order chi connectivity index (χ1) is 7.83. The first-order valence-electron chi connectivity index (χ1n) is 5.65. The highest BCUT2D eigenvalue weighted by Crippen LogP contribution is 2.28. The minimum Gasteiger partial charge on any atom is -0.459 e. The molecule has 1 aliphatic heterocycles. The maximum atomic E-state index is 5.88. The monoisotopic (exact) mass is 233 g/mol. The van der Waals surface area contributed by atoms with Crippen molar-refractivity contribution in [3.8, 4) is 0 Å². The Morgan fingerprint density at radius 2 is 2.19 bits per heavy atom. The van der Waals surface area contributed by atoms with Gasteiger partial charge in [-0.2, -0.15) is 11.8 Å². The number of nitrogens with one attached hydrogen (secondary N) is 1. The lowest BCUT2D eigenvalue weighted by Gasteiger charge is -2.26. The summed E-state index contributed by atoms with van der Waals surface area (Å²) < 4.78 is 5.88. The van der Waals surface area contributed by atoms with Gasteiger partial charge in [-0.05, 0) is 19.1 Å². The van der Waals surface area contributed by atoms with Crippen molar-refractivity contribution in [2.75, 3.05) is 11.5 Å². The zero-order chi connectivity index (χ0) is 11.0. The largest absolute Gasteiger partial charge is 0.459 e. The maximum Gasteiger partial charge on any atom is 0.134 e. The number of thioether (sulfide) groups is 1. The second-order valence-electron chi connectivity index (χ2n) is 4.34. The number of benzene rings is 1. The van der Waals surface area contributed by atoms with Crippen LogP contribution in [0.4, 0.5) is 0 Å². The molecule has 84 valence electrons. The molecule has 0 radical (unpaired) electrons. The molecule has 1 aliphatic rings. The highest BCUT2D eigenvalue weighted by atomic mass is 32.2. The standard InChI is InChI=1S/C13H15NOS/c1-9-7-16-8-11(14-9)13-6-10-4-2-3-5-12(10)15-13/h2-6,9,11,14H,7-8H2,1H3. The van der Waals surface area contributed by atoms with E-state index in [1.165, 1.54) is 11.1 Å². The molecular weight excluding hydrogens is 218 g/mol. The van der Waals surface area contributed by atoms with Crippen LogP contribution in [0.25, 0.3) is 11.0 Å². The predicted molar refractivity (Wildman–Crippen MR) is 68.9 cm³/mol. The highest BCUT2D eigenvalue weighted by molar-refractivity contribution is 7.99. The van der Waals surface area contributed by atoms with Crippen molar-refractivity contribution in [3.05, 3.63) is 36.1 Å². The SMILES string of the molecule is CC1CSCC(c2cc3ccccc3o2)N1. The minimum absolute atomic E-state index is 0.362. The van der Waals surface area contributed by atoms with Crippen LogP contribution in [0.1, 0.15) is 18.7 Å². The summed E-state index contributed by atoms with van der Waals surface area (Å²) in [5, 5.41) is 4.78. The molecule has 0 spiro atoms. The molecule has 0 aliphatic carbocycles. The smallest absolute Gasteiger partial charge is 0.134 e. The van der Waals surface area contributed by atoms with Gasteiger partial charge in [-0.25, -0.2) is 0 Å². The van der Waals surface area contributed by atoms with Crippen molar-refractivity contribution in [2.24, 2.45) is 0 Å². The molecule has 1 aromatic heterocycles. The van der Waals surface area contributed by atoms with Gasteiger partial charge in [0.25, 0.3) is 0 Å². The lowest BCUT2D eigenvalue weighted by atomic mass is 10.2. The van der Waals surface area contributed by atoms with Crippen LogP contribution in [0.5, 0.6) is 0 Å². The van der Waals surface area contributed by atoms with Gasteiger partial charge in [-0.3, -0.25) is 0 Å². The zero-order valence-corrected chi connectivity index (χ0v) is 10.1. The molecule has 1 aromatic carbocycles. The van der Waals surface area contributed by atoms with Gasteiger partial charge >= 0.3 is 0 Å². The molecule has 1 fully saturated rings. The quantitative estimate of drug-likeness (QED) is 0.819. The molecule has 2 heterocycles. The summed E-state index contributed by atoms with van der Waals surface area (Å²) in [7, 11) is 0. The van der Waals surface area contributed by atoms with Crippen LogP contribution in [0.15, 0.2) is 34.7 Å². The van der Waals surface area contributed by atoms with Gasteiger partial charge in [-0.1, -0.05) is 18.2 Å². The average molecular weight is 233 g/mol. The van der Waals surface area contributed by atoms with Crippen molar-refractivity contribution < 1.29 is 4.42 Å². The first-order valence-corrected chi connectivity index (χ1v) is 6.80. The lowest BCUT2D eigenvalue weighted by Crippen LogP contribution is -2.37. The Morgan fingerprint density at radius 3 is 3.00 bits per heavy atom. The number of rotatable bonds is 1. The van der Waals surface area contributed by atoms with Crippen LogP contribution in [0.2, 0.25) is 0 Å². The third-order valence-electron chi connectivity index (χ3n) is 2.93. The summed E-state index contributed by atoms with van der Waals surface area (Å²) in [5.41, 5.74) is 0.988. The van der Waals surface area contributed by atoms with Gasteiger partial charge in [0.05, 0.1) is 6.04 Å². The lowest BCUT2D eigenvalue weighted by molar-refractivity contribution is 0.422. The second kappa shape index (κ2) is 4.15. The van der Waals surface area contributed by atoms with Crippen molar-refractivity contribution in [1.29, 1.82) is 0 Å². The van der Waals surface area contributed by atoms with Gasteiger partial charge in [0.1, 0.15) is 11.3 Å². The molecule has 3 rings (SSSR count). The Bertz CT molecular complexity index is 460. The van der Waals surface area contributed by atoms with E-state index >= 15 is 0 Å². The normalized spacial score (nSPS) is 26.1. The van der Waals surface area contributed by atoms with Crippen molar-refractivity contribution in [3.63, 3.8) is 0 Å². The molecular formula is C13H15NOS. The first kappa shape index (κ1) is 10.2. The fraction of sp³-hybridized carbons (Fsp3) is 0.385. The molecule has 2 aromatic rings. The third-order valence-corrected chi connectivity index (χ3v) is 4.23.